The van der Waals surface area contributed by atoms with Gasteiger partial charge in [0.2, 0.25) is 0 Å². The van der Waals surface area contributed by atoms with Gasteiger partial charge in [0.05, 0.1) is 6.61 Å². The van der Waals surface area contributed by atoms with Gasteiger partial charge in [-0.05, 0) is 25.5 Å². The van der Waals surface area contributed by atoms with Gasteiger partial charge >= 0.3 is 5.63 Å². The van der Waals surface area contributed by atoms with Crippen LogP contribution in [-0.2, 0) is 4.74 Å². The minimum Gasteiger partial charge on any atom is -0.490 e. The van der Waals surface area contributed by atoms with Gasteiger partial charge in [0.1, 0.15) is 23.7 Å². The van der Waals surface area contributed by atoms with Crippen LogP contribution in [0.25, 0.3) is 6.08 Å². The number of ketones is 1. The summed E-state index contributed by atoms with van der Waals surface area (Å²) in [6, 6.07) is 9.22. The number of carbonyl (C=O) groups is 1. The fourth-order valence-corrected chi connectivity index (χ4v) is 2.18. The fourth-order valence-electron chi connectivity index (χ4n) is 2.18. The zero-order valence-electron chi connectivity index (χ0n) is 14.0. The Morgan fingerprint density at radius 2 is 2.00 bits per heavy atom. The zero-order chi connectivity index (χ0) is 17.5. The molecule has 0 unspecified atom stereocenters. The lowest BCUT2D eigenvalue weighted by molar-refractivity contribution is 0.103. The van der Waals surface area contributed by atoms with Crippen molar-refractivity contribution in [2.45, 2.75) is 13.8 Å². The molecule has 0 aliphatic rings. The molecular weight excluding hydrogens is 308 g/mol. The minimum absolute atomic E-state index is 0.111. The maximum Gasteiger partial charge on any atom is 0.351 e. The Labute approximate surface area is 140 Å². The standard InChI is InChI=1S/C19H20O5/c1-13-5-4-6-15(11-13)7-8-16(20)18-17(23-10-9-22-3)12-14(2)24-19(18)21/h4-8,11-12H,9-10H2,1-3H3/b8-7+. The van der Waals surface area contributed by atoms with Gasteiger partial charge in [-0.25, -0.2) is 4.79 Å². The predicted octanol–water partition coefficient (Wildman–Crippen LogP) is 3.18. The second kappa shape index (κ2) is 8.26. The molecule has 0 saturated carbocycles. The molecule has 2 aromatic rings. The van der Waals surface area contributed by atoms with Crippen molar-refractivity contribution in [1.82, 2.24) is 0 Å². The highest BCUT2D eigenvalue weighted by Crippen LogP contribution is 2.18. The van der Waals surface area contributed by atoms with E-state index in [0.29, 0.717) is 12.4 Å². The molecule has 0 saturated heterocycles. The van der Waals surface area contributed by atoms with Crippen molar-refractivity contribution in [1.29, 1.82) is 0 Å². The van der Waals surface area contributed by atoms with Crippen molar-refractivity contribution in [3.8, 4) is 5.75 Å². The molecule has 2 rings (SSSR count). The van der Waals surface area contributed by atoms with Gasteiger partial charge in [-0.15, -0.1) is 0 Å². The number of benzene rings is 1. The average molecular weight is 328 g/mol. The summed E-state index contributed by atoms with van der Waals surface area (Å²) in [7, 11) is 1.55. The zero-order valence-corrected chi connectivity index (χ0v) is 14.0. The highest BCUT2D eigenvalue weighted by molar-refractivity contribution is 6.08. The second-order valence-electron chi connectivity index (χ2n) is 5.34. The summed E-state index contributed by atoms with van der Waals surface area (Å²) in [5.74, 6) is 0.129. The number of rotatable bonds is 7. The normalized spacial score (nSPS) is 11.0. The van der Waals surface area contributed by atoms with E-state index in [1.807, 2.05) is 31.2 Å². The van der Waals surface area contributed by atoms with Gasteiger partial charge in [0.25, 0.3) is 0 Å². The number of hydrogen-bond donors (Lipinski definition) is 0. The Balaban J connectivity index is 2.29. The lowest BCUT2D eigenvalue weighted by atomic mass is 10.1. The highest BCUT2D eigenvalue weighted by Gasteiger charge is 2.17. The van der Waals surface area contributed by atoms with Crippen LogP contribution in [0.15, 0.2) is 45.6 Å². The molecule has 1 aromatic carbocycles. The smallest absolute Gasteiger partial charge is 0.351 e. The number of aryl methyl sites for hydroxylation is 2. The van der Waals surface area contributed by atoms with Crippen LogP contribution >= 0.6 is 0 Å². The van der Waals surface area contributed by atoms with E-state index >= 15 is 0 Å². The van der Waals surface area contributed by atoms with E-state index in [1.54, 1.807) is 20.1 Å². The molecule has 0 aliphatic carbocycles. The summed E-state index contributed by atoms with van der Waals surface area (Å²) in [4.78, 5) is 24.5. The predicted molar refractivity (Wildman–Crippen MR) is 91.6 cm³/mol. The summed E-state index contributed by atoms with van der Waals surface area (Å²) in [5, 5.41) is 0. The van der Waals surface area contributed by atoms with Crippen molar-refractivity contribution in [2.75, 3.05) is 20.3 Å². The van der Waals surface area contributed by atoms with Crippen molar-refractivity contribution in [3.05, 3.63) is 69.3 Å². The van der Waals surface area contributed by atoms with E-state index < -0.39 is 11.4 Å². The van der Waals surface area contributed by atoms with Crippen molar-refractivity contribution in [3.63, 3.8) is 0 Å². The van der Waals surface area contributed by atoms with Gasteiger partial charge in [0.15, 0.2) is 5.78 Å². The topological polar surface area (TPSA) is 65.7 Å². The van der Waals surface area contributed by atoms with Crippen LogP contribution in [0, 0.1) is 13.8 Å². The van der Waals surface area contributed by atoms with Crippen LogP contribution in [0.4, 0.5) is 0 Å². The lowest BCUT2D eigenvalue weighted by Crippen LogP contribution is -2.17. The molecule has 0 atom stereocenters. The quantitative estimate of drug-likeness (QED) is 0.444. The molecule has 24 heavy (non-hydrogen) atoms. The Kier molecular flexibility index (Phi) is 6.09. The first kappa shape index (κ1) is 17.7. The maximum atomic E-state index is 12.4. The van der Waals surface area contributed by atoms with E-state index in [1.165, 1.54) is 12.1 Å². The summed E-state index contributed by atoms with van der Waals surface area (Å²) >= 11 is 0. The number of hydrogen-bond acceptors (Lipinski definition) is 5. The molecule has 0 fully saturated rings. The first-order valence-electron chi connectivity index (χ1n) is 7.57. The molecule has 126 valence electrons. The maximum absolute atomic E-state index is 12.4. The van der Waals surface area contributed by atoms with Crippen LogP contribution < -0.4 is 10.4 Å². The fraction of sp³-hybridized carbons (Fsp3) is 0.263. The first-order chi connectivity index (χ1) is 11.5. The summed E-state index contributed by atoms with van der Waals surface area (Å²) in [5.41, 5.74) is 1.15. The van der Waals surface area contributed by atoms with Gasteiger partial charge in [-0.2, -0.15) is 0 Å². The number of ether oxygens (including phenoxy) is 2. The van der Waals surface area contributed by atoms with E-state index in [2.05, 4.69) is 0 Å². The highest BCUT2D eigenvalue weighted by atomic mass is 16.5. The summed E-state index contributed by atoms with van der Waals surface area (Å²) in [6.07, 6.45) is 3.01. The molecule has 5 heteroatoms. The molecule has 0 aliphatic heterocycles. The van der Waals surface area contributed by atoms with Gasteiger partial charge < -0.3 is 13.9 Å². The SMILES string of the molecule is COCCOc1cc(C)oc(=O)c1C(=O)/C=C/c1cccc(C)c1. The van der Waals surface area contributed by atoms with E-state index in [0.717, 1.165) is 11.1 Å². The molecule has 0 radical (unpaired) electrons. The largest absolute Gasteiger partial charge is 0.490 e. The molecule has 0 amide bonds. The van der Waals surface area contributed by atoms with Crippen LogP contribution in [0.2, 0.25) is 0 Å². The third kappa shape index (κ3) is 4.67. The van der Waals surface area contributed by atoms with Crippen LogP contribution in [-0.4, -0.2) is 26.1 Å². The first-order valence-corrected chi connectivity index (χ1v) is 7.57. The Morgan fingerprint density at radius 1 is 1.21 bits per heavy atom. The molecule has 1 heterocycles. The van der Waals surface area contributed by atoms with E-state index in [9.17, 15) is 9.59 Å². The molecular formula is C19H20O5. The molecule has 1 aromatic heterocycles. The van der Waals surface area contributed by atoms with E-state index in [-0.39, 0.29) is 17.9 Å². The van der Waals surface area contributed by atoms with Gasteiger partial charge in [-0.3, -0.25) is 4.79 Å². The van der Waals surface area contributed by atoms with Gasteiger partial charge in [-0.1, -0.05) is 35.9 Å². The van der Waals surface area contributed by atoms with Crippen molar-refractivity contribution >= 4 is 11.9 Å². The lowest BCUT2D eigenvalue weighted by Gasteiger charge is -2.09. The summed E-state index contributed by atoms with van der Waals surface area (Å²) in [6.45, 7) is 4.18. The third-order valence-corrected chi connectivity index (χ3v) is 3.30. The minimum atomic E-state index is -0.707. The van der Waals surface area contributed by atoms with Gasteiger partial charge in [0, 0.05) is 13.2 Å². The Morgan fingerprint density at radius 3 is 2.71 bits per heavy atom. The van der Waals surface area contributed by atoms with Crippen molar-refractivity contribution in [2.24, 2.45) is 0 Å². The Bertz CT molecular complexity index is 802. The van der Waals surface area contributed by atoms with E-state index in [4.69, 9.17) is 13.9 Å². The number of allylic oxidation sites excluding steroid dienone is 1. The molecule has 0 spiro atoms. The van der Waals surface area contributed by atoms with Crippen LogP contribution in [0.5, 0.6) is 5.75 Å². The van der Waals surface area contributed by atoms with Crippen LogP contribution in [0.1, 0.15) is 27.2 Å². The van der Waals surface area contributed by atoms with Crippen molar-refractivity contribution < 1.29 is 18.7 Å². The Hall–Kier alpha value is -2.66. The second-order valence-corrected chi connectivity index (χ2v) is 5.34. The third-order valence-electron chi connectivity index (χ3n) is 3.30. The monoisotopic (exact) mass is 328 g/mol. The molecule has 0 N–H and O–H groups in total. The van der Waals surface area contributed by atoms with Crippen LogP contribution in [0.3, 0.4) is 0 Å². The average Bonchev–Trinajstić information content (AvgIpc) is 2.52. The summed E-state index contributed by atoms with van der Waals surface area (Å²) < 4.78 is 15.4. The molecule has 5 nitrogen and oxygen atoms in total. The molecule has 0 bridgehead atoms. The number of carbonyl (C=O) groups excluding carboxylic acids is 1. The number of methoxy groups -OCH3 is 1.